The summed E-state index contributed by atoms with van der Waals surface area (Å²) in [6, 6.07) is 3.37. The Labute approximate surface area is 80.2 Å². The lowest BCUT2D eigenvalue weighted by Crippen LogP contribution is -1.98. The molecule has 5 nitrogen and oxygen atoms in total. The first kappa shape index (κ1) is 8.83. The summed E-state index contributed by atoms with van der Waals surface area (Å²) < 4.78 is 5.10. The minimum absolute atomic E-state index is 0.107. The molecule has 1 aliphatic heterocycles. The third kappa shape index (κ3) is 1.49. The van der Waals surface area contributed by atoms with Gasteiger partial charge in [-0.15, -0.1) is 0 Å². The van der Waals surface area contributed by atoms with Gasteiger partial charge in [-0.25, -0.2) is 0 Å². The van der Waals surface area contributed by atoms with Crippen LogP contribution in [0.3, 0.4) is 0 Å². The maximum Gasteiger partial charge on any atom is 0.371 e. The van der Waals surface area contributed by atoms with Crippen molar-refractivity contribution in [2.24, 2.45) is 0 Å². The van der Waals surface area contributed by atoms with E-state index in [9.17, 15) is 10.1 Å². The highest BCUT2D eigenvalue weighted by atomic mass is 16.6. The second kappa shape index (κ2) is 3.55. The molecule has 0 amide bonds. The Balaban J connectivity index is 2.46. The first-order chi connectivity index (χ1) is 6.79. The minimum Gasteiger partial charge on any atom is -0.373 e. The summed E-state index contributed by atoms with van der Waals surface area (Å²) in [5.41, 5.74) is 1.39. The Morgan fingerprint density at radius 1 is 1.57 bits per heavy atom. The maximum absolute atomic E-state index is 10.7. The molecule has 0 saturated carbocycles. The van der Waals surface area contributed by atoms with Crippen LogP contribution in [0.5, 0.6) is 0 Å². The SMILES string of the molecule is O=[N+]([O-])c1ncccc1C1=CCOC1. The van der Waals surface area contributed by atoms with Gasteiger partial charge in [0.1, 0.15) is 6.20 Å². The standard InChI is InChI=1S/C9H8N2O3/c12-11(13)9-8(2-1-4-10-9)7-3-5-14-6-7/h1-4H,5-6H2. The minimum atomic E-state index is -0.478. The molecule has 72 valence electrons. The number of nitrogens with zero attached hydrogens (tertiary/aromatic N) is 2. The summed E-state index contributed by atoms with van der Waals surface area (Å²) in [5.74, 6) is -0.107. The Morgan fingerprint density at radius 2 is 2.43 bits per heavy atom. The molecule has 0 unspecified atom stereocenters. The van der Waals surface area contributed by atoms with Gasteiger partial charge in [0, 0.05) is 0 Å². The average Bonchev–Trinajstić information content (AvgIpc) is 2.70. The molecule has 14 heavy (non-hydrogen) atoms. The van der Waals surface area contributed by atoms with Crippen LogP contribution in [0.25, 0.3) is 5.57 Å². The van der Waals surface area contributed by atoms with E-state index in [-0.39, 0.29) is 5.82 Å². The highest BCUT2D eigenvalue weighted by Crippen LogP contribution is 2.25. The Kier molecular flexibility index (Phi) is 2.24. The van der Waals surface area contributed by atoms with Gasteiger partial charge in [-0.2, -0.15) is 0 Å². The van der Waals surface area contributed by atoms with Gasteiger partial charge >= 0.3 is 5.82 Å². The third-order valence-corrected chi connectivity index (χ3v) is 2.01. The zero-order valence-electron chi connectivity index (χ0n) is 7.34. The predicted molar refractivity (Wildman–Crippen MR) is 49.7 cm³/mol. The summed E-state index contributed by atoms with van der Waals surface area (Å²) in [4.78, 5) is 13.9. The van der Waals surface area contributed by atoms with Crippen LogP contribution in [0.15, 0.2) is 24.4 Å². The fourth-order valence-electron chi connectivity index (χ4n) is 1.37. The lowest BCUT2D eigenvalue weighted by molar-refractivity contribution is -0.389. The van der Waals surface area contributed by atoms with E-state index in [4.69, 9.17) is 4.74 Å². The molecule has 0 N–H and O–H groups in total. The molecule has 0 bridgehead atoms. The van der Waals surface area contributed by atoms with Gasteiger partial charge in [-0.3, -0.25) is 0 Å². The first-order valence-electron chi connectivity index (χ1n) is 4.15. The number of nitro groups is 1. The fraction of sp³-hybridized carbons (Fsp3) is 0.222. The number of hydrogen-bond donors (Lipinski definition) is 0. The molecule has 1 aliphatic rings. The molecular formula is C9H8N2O3. The summed E-state index contributed by atoms with van der Waals surface area (Å²) >= 11 is 0. The topological polar surface area (TPSA) is 65.3 Å². The van der Waals surface area contributed by atoms with E-state index in [1.165, 1.54) is 6.20 Å². The highest BCUT2D eigenvalue weighted by Gasteiger charge is 2.19. The number of ether oxygens (including phenoxy) is 1. The molecule has 0 fully saturated rings. The Morgan fingerprint density at radius 3 is 3.07 bits per heavy atom. The quantitative estimate of drug-likeness (QED) is 0.524. The molecule has 5 heteroatoms. The lowest BCUT2D eigenvalue weighted by Gasteiger charge is -2.01. The fourth-order valence-corrected chi connectivity index (χ4v) is 1.37. The Hall–Kier alpha value is -1.75. The Bertz CT molecular complexity index is 401. The van der Waals surface area contributed by atoms with Gasteiger partial charge < -0.3 is 14.9 Å². The molecule has 1 aromatic rings. The number of rotatable bonds is 2. The van der Waals surface area contributed by atoms with Crippen LogP contribution < -0.4 is 0 Å². The first-order valence-corrected chi connectivity index (χ1v) is 4.15. The van der Waals surface area contributed by atoms with E-state index in [1.54, 1.807) is 12.1 Å². The van der Waals surface area contributed by atoms with Crippen molar-refractivity contribution < 1.29 is 9.66 Å². The van der Waals surface area contributed by atoms with Gasteiger partial charge in [0.25, 0.3) is 0 Å². The van der Waals surface area contributed by atoms with E-state index in [2.05, 4.69) is 4.98 Å². The van der Waals surface area contributed by atoms with Crippen molar-refractivity contribution in [3.63, 3.8) is 0 Å². The molecule has 0 aliphatic carbocycles. The van der Waals surface area contributed by atoms with Crippen LogP contribution in [0.2, 0.25) is 0 Å². The molecule has 0 saturated heterocycles. The van der Waals surface area contributed by atoms with Crippen LogP contribution in [-0.4, -0.2) is 23.1 Å². The lowest BCUT2D eigenvalue weighted by atomic mass is 10.1. The zero-order valence-corrected chi connectivity index (χ0v) is 7.34. The van der Waals surface area contributed by atoms with Crippen molar-refractivity contribution in [1.29, 1.82) is 0 Å². The largest absolute Gasteiger partial charge is 0.373 e. The zero-order chi connectivity index (χ0) is 9.97. The van der Waals surface area contributed by atoms with Crippen molar-refractivity contribution in [3.8, 4) is 0 Å². The maximum atomic E-state index is 10.7. The normalized spacial score (nSPS) is 15.3. The van der Waals surface area contributed by atoms with Crippen molar-refractivity contribution in [2.45, 2.75) is 0 Å². The molecule has 2 heterocycles. The van der Waals surface area contributed by atoms with Crippen molar-refractivity contribution in [1.82, 2.24) is 4.98 Å². The number of pyridine rings is 1. The molecular weight excluding hydrogens is 184 g/mol. The summed E-state index contributed by atoms with van der Waals surface area (Å²) in [6.45, 7) is 0.938. The van der Waals surface area contributed by atoms with Gasteiger partial charge in [0.2, 0.25) is 0 Å². The van der Waals surface area contributed by atoms with Gasteiger partial charge in [0.05, 0.1) is 18.8 Å². The van der Waals surface area contributed by atoms with E-state index in [1.807, 2.05) is 6.08 Å². The second-order valence-electron chi connectivity index (χ2n) is 2.88. The monoisotopic (exact) mass is 192 g/mol. The van der Waals surface area contributed by atoms with E-state index < -0.39 is 4.92 Å². The van der Waals surface area contributed by atoms with Crippen molar-refractivity contribution >= 4 is 11.4 Å². The highest BCUT2D eigenvalue weighted by molar-refractivity contribution is 5.72. The van der Waals surface area contributed by atoms with E-state index in [0.29, 0.717) is 18.8 Å². The van der Waals surface area contributed by atoms with Gasteiger partial charge in [-0.1, -0.05) is 6.08 Å². The summed E-state index contributed by atoms with van der Waals surface area (Å²) in [6.07, 6.45) is 3.25. The second-order valence-corrected chi connectivity index (χ2v) is 2.88. The smallest absolute Gasteiger partial charge is 0.371 e. The van der Waals surface area contributed by atoms with Gasteiger partial charge in [-0.05, 0) is 27.6 Å². The molecule has 1 aromatic heterocycles. The third-order valence-electron chi connectivity index (χ3n) is 2.01. The van der Waals surface area contributed by atoms with Crippen molar-refractivity contribution in [3.05, 3.63) is 40.1 Å². The van der Waals surface area contributed by atoms with Crippen LogP contribution in [0, 0.1) is 10.1 Å². The predicted octanol–water partition coefficient (Wildman–Crippen LogP) is 1.40. The summed E-state index contributed by atoms with van der Waals surface area (Å²) in [7, 11) is 0. The van der Waals surface area contributed by atoms with E-state index >= 15 is 0 Å². The van der Waals surface area contributed by atoms with Crippen LogP contribution in [0.4, 0.5) is 5.82 Å². The van der Waals surface area contributed by atoms with Crippen LogP contribution >= 0.6 is 0 Å². The number of aromatic nitrogens is 1. The average molecular weight is 192 g/mol. The van der Waals surface area contributed by atoms with E-state index in [0.717, 1.165) is 5.57 Å². The number of hydrogen-bond acceptors (Lipinski definition) is 4. The van der Waals surface area contributed by atoms with Gasteiger partial charge in [0.15, 0.2) is 0 Å². The molecule has 2 rings (SSSR count). The van der Waals surface area contributed by atoms with Crippen molar-refractivity contribution in [2.75, 3.05) is 13.2 Å². The molecule has 0 spiro atoms. The van der Waals surface area contributed by atoms with Crippen LogP contribution in [-0.2, 0) is 4.74 Å². The molecule has 0 aromatic carbocycles. The van der Waals surface area contributed by atoms with Crippen LogP contribution in [0.1, 0.15) is 5.56 Å². The summed E-state index contributed by atoms with van der Waals surface area (Å²) in [5, 5.41) is 10.7. The molecule has 0 radical (unpaired) electrons. The molecule has 0 atom stereocenters.